The van der Waals surface area contributed by atoms with Gasteiger partial charge in [0.25, 0.3) is 0 Å². The van der Waals surface area contributed by atoms with Gasteiger partial charge in [-0.15, -0.1) is 0 Å². The molecule has 1 aliphatic rings. The number of ether oxygens (including phenoxy) is 2. The molecule has 1 aliphatic heterocycles. The van der Waals surface area contributed by atoms with E-state index in [-0.39, 0.29) is 0 Å². The third kappa shape index (κ3) is 3.57. The minimum absolute atomic E-state index is 0.353. The number of hydrogen-bond acceptors (Lipinski definition) is 4. The van der Waals surface area contributed by atoms with E-state index in [1.165, 1.54) is 11.1 Å². The van der Waals surface area contributed by atoms with Crippen molar-refractivity contribution >= 4 is 11.3 Å². The monoisotopic (exact) mass is 303 g/mol. The molecule has 1 atom stereocenters. The van der Waals surface area contributed by atoms with Crippen LogP contribution in [-0.2, 0) is 6.42 Å². The number of thiophene rings is 1. The summed E-state index contributed by atoms with van der Waals surface area (Å²) in [6.07, 6.45) is 2.18. The molecule has 0 aliphatic carbocycles. The predicted molar refractivity (Wildman–Crippen MR) is 86.5 cm³/mol. The average molecular weight is 303 g/mol. The van der Waals surface area contributed by atoms with Crippen LogP contribution in [0.15, 0.2) is 35.0 Å². The molecular weight excluding hydrogens is 282 g/mol. The highest BCUT2D eigenvalue weighted by molar-refractivity contribution is 7.07. The highest BCUT2D eigenvalue weighted by Gasteiger charge is 2.16. The summed E-state index contributed by atoms with van der Waals surface area (Å²) in [5.74, 6) is 1.73. The second-order valence-electron chi connectivity index (χ2n) is 5.18. The van der Waals surface area contributed by atoms with Crippen LogP contribution in [0.25, 0.3) is 0 Å². The van der Waals surface area contributed by atoms with E-state index in [0.717, 1.165) is 30.9 Å². The van der Waals surface area contributed by atoms with E-state index < -0.39 is 0 Å². The van der Waals surface area contributed by atoms with Crippen molar-refractivity contribution in [1.29, 1.82) is 0 Å². The Hall–Kier alpha value is -1.52. The lowest BCUT2D eigenvalue weighted by Gasteiger charge is -2.22. The molecule has 0 amide bonds. The van der Waals surface area contributed by atoms with Crippen LogP contribution >= 0.6 is 11.3 Å². The van der Waals surface area contributed by atoms with Gasteiger partial charge in [-0.1, -0.05) is 13.0 Å². The quantitative estimate of drug-likeness (QED) is 0.880. The molecule has 1 aromatic carbocycles. The van der Waals surface area contributed by atoms with Gasteiger partial charge in [-0.3, -0.25) is 0 Å². The van der Waals surface area contributed by atoms with Crippen LogP contribution < -0.4 is 14.8 Å². The van der Waals surface area contributed by atoms with Crippen molar-refractivity contribution in [2.24, 2.45) is 0 Å². The van der Waals surface area contributed by atoms with Gasteiger partial charge in [0, 0.05) is 6.04 Å². The van der Waals surface area contributed by atoms with Crippen molar-refractivity contribution < 1.29 is 9.47 Å². The van der Waals surface area contributed by atoms with Gasteiger partial charge in [0.05, 0.1) is 0 Å². The van der Waals surface area contributed by atoms with Crippen LogP contribution in [0.3, 0.4) is 0 Å². The van der Waals surface area contributed by atoms with Crippen molar-refractivity contribution in [2.45, 2.75) is 25.8 Å². The molecule has 0 radical (unpaired) electrons. The van der Waals surface area contributed by atoms with Gasteiger partial charge in [-0.05, 0) is 59.5 Å². The van der Waals surface area contributed by atoms with Crippen molar-refractivity contribution in [2.75, 3.05) is 19.8 Å². The summed E-state index contributed by atoms with van der Waals surface area (Å²) in [7, 11) is 0. The molecule has 0 bridgehead atoms. The second kappa shape index (κ2) is 6.96. The Labute approximate surface area is 129 Å². The highest BCUT2D eigenvalue weighted by Crippen LogP contribution is 2.33. The lowest BCUT2D eigenvalue weighted by Crippen LogP contribution is -2.22. The predicted octanol–water partition coefficient (Wildman–Crippen LogP) is 3.80. The number of rotatable bonds is 6. The largest absolute Gasteiger partial charge is 0.486 e. The molecule has 1 aromatic heterocycles. The molecule has 0 saturated carbocycles. The molecule has 21 heavy (non-hydrogen) atoms. The number of nitrogens with one attached hydrogen (secondary N) is 1. The van der Waals surface area contributed by atoms with E-state index in [2.05, 4.69) is 41.2 Å². The third-order valence-electron chi connectivity index (χ3n) is 3.72. The Morgan fingerprint density at radius 1 is 1.19 bits per heavy atom. The number of benzene rings is 1. The molecule has 1 unspecified atom stereocenters. The molecule has 2 heterocycles. The summed E-state index contributed by atoms with van der Waals surface area (Å²) < 4.78 is 11.3. The van der Waals surface area contributed by atoms with Crippen LogP contribution in [0.5, 0.6) is 11.5 Å². The maximum absolute atomic E-state index is 5.69. The number of aryl methyl sites for hydroxylation is 1. The zero-order valence-corrected chi connectivity index (χ0v) is 13.1. The van der Waals surface area contributed by atoms with Gasteiger partial charge in [-0.25, -0.2) is 0 Å². The fourth-order valence-corrected chi connectivity index (χ4v) is 3.36. The first kappa shape index (κ1) is 14.4. The molecule has 2 aromatic rings. The lowest BCUT2D eigenvalue weighted by atomic mass is 9.99. The maximum atomic E-state index is 5.69. The SMILES string of the molecule is CCNC(CCc1ccsc1)c1ccc2c(c1)OCCO2. The Kier molecular flexibility index (Phi) is 4.78. The van der Waals surface area contributed by atoms with E-state index in [0.29, 0.717) is 19.3 Å². The number of fused-ring (bicyclic) bond motifs is 1. The van der Waals surface area contributed by atoms with Gasteiger partial charge in [0.2, 0.25) is 0 Å². The average Bonchev–Trinajstić information content (AvgIpc) is 3.04. The fraction of sp³-hybridized carbons (Fsp3) is 0.412. The minimum Gasteiger partial charge on any atom is -0.486 e. The Morgan fingerprint density at radius 3 is 2.81 bits per heavy atom. The van der Waals surface area contributed by atoms with Gasteiger partial charge in [0.1, 0.15) is 13.2 Å². The summed E-state index contributed by atoms with van der Waals surface area (Å²) in [4.78, 5) is 0. The smallest absolute Gasteiger partial charge is 0.161 e. The summed E-state index contributed by atoms with van der Waals surface area (Å²) in [5.41, 5.74) is 2.69. The molecule has 3 nitrogen and oxygen atoms in total. The van der Waals surface area contributed by atoms with E-state index in [4.69, 9.17) is 9.47 Å². The Morgan fingerprint density at radius 2 is 2.05 bits per heavy atom. The standard InChI is InChI=1S/C17H21NO2S/c1-2-18-15(5-3-13-7-10-21-12-13)14-4-6-16-17(11-14)20-9-8-19-16/h4,6-7,10-12,15,18H,2-3,5,8-9H2,1H3. The summed E-state index contributed by atoms with van der Waals surface area (Å²) in [6.45, 7) is 4.39. The maximum Gasteiger partial charge on any atom is 0.161 e. The Bertz CT molecular complexity index is 568. The first-order valence-corrected chi connectivity index (χ1v) is 8.45. The fourth-order valence-electron chi connectivity index (χ4n) is 2.66. The first-order valence-electron chi connectivity index (χ1n) is 7.51. The van der Waals surface area contributed by atoms with E-state index in [1.807, 2.05) is 6.07 Å². The highest BCUT2D eigenvalue weighted by atomic mass is 32.1. The zero-order chi connectivity index (χ0) is 14.5. The normalized spacial score (nSPS) is 14.9. The van der Waals surface area contributed by atoms with Crippen LogP contribution in [0.2, 0.25) is 0 Å². The van der Waals surface area contributed by atoms with Crippen LogP contribution in [-0.4, -0.2) is 19.8 Å². The van der Waals surface area contributed by atoms with Gasteiger partial charge < -0.3 is 14.8 Å². The van der Waals surface area contributed by atoms with Crippen LogP contribution in [0, 0.1) is 0 Å². The molecule has 3 rings (SSSR count). The topological polar surface area (TPSA) is 30.5 Å². The molecule has 0 fully saturated rings. The molecular formula is C17H21NO2S. The Balaban J connectivity index is 1.73. The van der Waals surface area contributed by atoms with Crippen molar-refractivity contribution in [3.63, 3.8) is 0 Å². The molecule has 0 saturated heterocycles. The first-order chi connectivity index (χ1) is 10.4. The van der Waals surface area contributed by atoms with Crippen molar-refractivity contribution in [3.8, 4) is 11.5 Å². The van der Waals surface area contributed by atoms with Crippen LogP contribution in [0.1, 0.15) is 30.5 Å². The van der Waals surface area contributed by atoms with E-state index in [1.54, 1.807) is 11.3 Å². The molecule has 112 valence electrons. The minimum atomic E-state index is 0.353. The van der Waals surface area contributed by atoms with Crippen LogP contribution in [0.4, 0.5) is 0 Å². The zero-order valence-electron chi connectivity index (χ0n) is 12.3. The van der Waals surface area contributed by atoms with Gasteiger partial charge >= 0.3 is 0 Å². The van der Waals surface area contributed by atoms with Crippen molar-refractivity contribution in [1.82, 2.24) is 5.32 Å². The molecule has 0 spiro atoms. The molecule has 4 heteroatoms. The molecule has 1 N–H and O–H groups in total. The van der Waals surface area contributed by atoms with E-state index in [9.17, 15) is 0 Å². The second-order valence-corrected chi connectivity index (χ2v) is 5.96. The summed E-state index contributed by atoms with van der Waals surface area (Å²) in [6, 6.07) is 8.85. The summed E-state index contributed by atoms with van der Waals surface area (Å²) in [5, 5.41) is 7.94. The lowest BCUT2D eigenvalue weighted by molar-refractivity contribution is 0.171. The van der Waals surface area contributed by atoms with Gasteiger partial charge in [0.15, 0.2) is 11.5 Å². The number of hydrogen-bond donors (Lipinski definition) is 1. The van der Waals surface area contributed by atoms with Crippen molar-refractivity contribution in [3.05, 3.63) is 46.2 Å². The summed E-state index contributed by atoms with van der Waals surface area (Å²) >= 11 is 1.76. The van der Waals surface area contributed by atoms with Gasteiger partial charge in [-0.2, -0.15) is 11.3 Å². The van der Waals surface area contributed by atoms with E-state index >= 15 is 0 Å². The third-order valence-corrected chi connectivity index (χ3v) is 4.45.